The number of amides is 1. The van der Waals surface area contributed by atoms with Crippen LogP contribution in [-0.4, -0.2) is 30.8 Å². The fourth-order valence-electron chi connectivity index (χ4n) is 2.54. The lowest BCUT2D eigenvalue weighted by molar-refractivity contribution is 0.0997. The van der Waals surface area contributed by atoms with Gasteiger partial charge in [0.15, 0.2) is 4.80 Å². The Morgan fingerprint density at radius 1 is 1.23 bits per heavy atom. The smallest absolute Gasteiger partial charge is 0.279 e. The number of fused-ring (bicyclic) bond motifs is 1. The van der Waals surface area contributed by atoms with Crippen molar-refractivity contribution in [1.29, 1.82) is 0 Å². The first-order valence-electron chi connectivity index (χ1n) is 8.22. The van der Waals surface area contributed by atoms with Crippen molar-refractivity contribution in [2.24, 2.45) is 4.99 Å². The lowest BCUT2D eigenvalue weighted by Gasteiger charge is -2.04. The number of hydrogen-bond donors (Lipinski definition) is 0. The molecule has 0 radical (unpaired) electrons. The molecule has 1 heterocycles. The number of hydrogen-bond acceptors (Lipinski definition) is 4. The maximum absolute atomic E-state index is 12.6. The minimum absolute atomic E-state index is 0.273. The van der Waals surface area contributed by atoms with Crippen molar-refractivity contribution in [1.82, 2.24) is 4.57 Å². The summed E-state index contributed by atoms with van der Waals surface area (Å²) in [7, 11) is 1.66. The number of nitrogens with zero attached hydrogens (tertiary/aromatic N) is 2. The molecule has 0 bridgehead atoms. The van der Waals surface area contributed by atoms with Crippen LogP contribution < -0.4 is 9.54 Å². The van der Waals surface area contributed by atoms with E-state index in [4.69, 9.17) is 9.47 Å². The molecule has 0 atom stereocenters. The largest absolute Gasteiger partial charge is 0.494 e. The van der Waals surface area contributed by atoms with Gasteiger partial charge in [-0.3, -0.25) is 4.79 Å². The molecule has 0 fully saturated rings. The molecule has 3 aromatic rings. The zero-order valence-electron chi connectivity index (χ0n) is 14.6. The van der Waals surface area contributed by atoms with E-state index < -0.39 is 0 Å². The van der Waals surface area contributed by atoms with Crippen LogP contribution in [0.3, 0.4) is 0 Å². The number of rotatable bonds is 6. The summed E-state index contributed by atoms with van der Waals surface area (Å²) in [6.45, 7) is 3.70. The highest BCUT2D eigenvalue weighted by Gasteiger charge is 2.10. The van der Waals surface area contributed by atoms with Crippen molar-refractivity contribution in [3.63, 3.8) is 0 Å². The minimum Gasteiger partial charge on any atom is -0.494 e. The summed E-state index contributed by atoms with van der Waals surface area (Å²) in [5.74, 6) is 0.468. The second kappa shape index (κ2) is 8.62. The molecule has 2 aromatic carbocycles. The molecular weight excluding hydrogens is 416 g/mol. The summed E-state index contributed by atoms with van der Waals surface area (Å²) < 4.78 is 14.7. The maximum Gasteiger partial charge on any atom is 0.279 e. The summed E-state index contributed by atoms with van der Waals surface area (Å²) in [5.41, 5.74) is 1.57. The molecule has 136 valence electrons. The third-order valence-corrected chi connectivity index (χ3v) is 5.31. The van der Waals surface area contributed by atoms with Gasteiger partial charge in [-0.15, -0.1) is 0 Å². The Bertz CT molecular complexity index is 977. The van der Waals surface area contributed by atoms with Gasteiger partial charge in [0.1, 0.15) is 5.75 Å². The molecule has 0 saturated heterocycles. The van der Waals surface area contributed by atoms with E-state index in [1.165, 1.54) is 11.3 Å². The predicted molar refractivity (Wildman–Crippen MR) is 107 cm³/mol. The van der Waals surface area contributed by atoms with E-state index in [1.54, 1.807) is 31.4 Å². The van der Waals surface area contributed by atoms with E-state index in [0.717, 1.165) is 20.4 Å². The normalized spacial score (nSPS) is 11.9. The summed E-state index contributed by atoms with van der Waals surface area (Å²) in [5, 5.41) is 0. The van der Waals surface area contributed by atoms with Gasteiger partial charge in [0, 0.05) is 23.7 Å². The van der Waals surface area contributed by atoms with Gasteiger partial charge in [-0.2, -0.15) is 4.99 Å². The molecular formula is C19H19BrN2O3S. The van der Waals surface area contributed by atoms with Gasteiger partial charge < -0.3 is 14.0 Å². The standard InChI is InChI=1S/C19H19BrN2O3S/c1-3-25-15-7-4-13(5-8-15)18(23)21-19-22(10-11-24-2)16-9-6-14(20)12-17(16)26-19/h4-9,12H,3,10-11H2,1-2H3. The number of carbonyl (C=O) groups excluding carboxylic acids is 1. The van der Waals surface area contributed by atoms with Crippen molar-refractivity contribution in [3.8, 4) is 5.75 Å². The molecule has 0 spiro atoms. The van der Waals surface area contributed by atoms with Crippen LogP contribution in [0.1, 0.15) is 17.3 Å². The van der Waals surface area contributed by atoms with Gasteiger partial charge in [-0.1, -0.05) is 27.3 Å². The second-order valence-electron chi connectivity index (χ2n) is 5.52. The topological polar surface area (TPSA) is 52.8 Å². The molecule has 0 aliphatic heterocycles. The van der Waals surface area contributed by atoms with Gasteiger partial charge >= 0.3 is 0 Å². The molecule has 0 aliphatic rings. The van der Waals surface area contributed by atoms with Gasteiger partial charge in [0.25, 0.3) is 5.91 Å². The maximum atomic E-state index is 12.6. The Morgan fingerprint density at radius 2 is 2.00 bits per heavy atom. The molecule has 7 heteroatoms. The molecule has 5 nitrogen and oxygen atoms in total. The van der Waals surface area contributed by atoms with E-state index in [-0.39, 0.29) is 5.91 Å². The van der Waals surface area contributed by atoms with E-state index in [0.29, 0.717) is 30.1 Å². The lowest BCUT2D eigenvalue weighted by atomic mass is 10.2. The Kier molecular flexibility index (Phi) is 6.24. The fraction of sp³-hybridized carbons (Fsp3) is 0.263. The van der Waals surface area contributed by atoms with Gasteiger partial charge in [-0.25, -0.2) is 0 Å². The summed E-state index contributed by atoms with van der Waals surface area (Å²) in [4.78, 5) is 17.6. The van der Waals surface area contributed by atoms with Gasteiger partial charge in [-0.05, 0) is 49.4 Å². The fourth-order valence-corrected chi connectivity index (χ4v) is 4.15. The SMILES string of the molecule is CCOc1ccc(C(=O)N=c2sc3cc(Br)ccc3n2CCOC)cc1. The van der Waals surface area contributed by atoms with Crippen LogP contribution >= 0.6 is 27.3 Å². The predicted octanol–water partition coefficient (Wildman–Crippen LogP) is 4.25. The highest BCUT2D eigenvalue weighted by atomic mass is 79.9. The molecule has 0 N–H and O–H groups in total. The first-order chi connectivity index (χ1) is 12.6. The first-order valence-corrected chi connectivity index (χ1v) is 9.83. The van der Waals surface area contributed by atoms with Crippen molar-refractivity contribution in [2.45, 2.75) is 13.5 Å². The number of methoxy groups -OCH3 is 1. The number of aromatic nitrogens is 1. The van der Waals surface area contributed by atoms with Crippen molar-refractivity contribution >= 4 is 43.4 Å². The summed E-state index contributed by atoms with van der Waals surface area (Å²) in [6.07, 6.45) is 0. The average Bonchev–Trinajstić information content (AvgIpc) is 2.96. The van der Waals surface area contributed by atoms with Crippen LogP contribution in [0.2, 0.25) is 0 Å². The Morgan fingerprint density at radius 3 is 2.69 bits per heavy atom. The monoisotopic (exact) mass is 434 g/mol. The number of ether oxygens (including phenoxy) is 2. The van der Waals surface area contributed by atoms with E-state index in [1.807, 2.05) is 29.7 Å². The van der Waals surface area contributed by atoms with E-state index in [9.17, 15) is 4.79 Å². The van der Waals surface area contributed by atoms with Crippen LogP contribution in [0.4, 0.5) is 0 Å². The number of thiazole rings is 1. The Balaban J connectivity index is 2.00. The van der Waals surface area contributed by atoms with Crippen molar-refractivity contribution in [3.05, 3.63) is 57.3 Å². The zero-order chi connectivity index (χ0) is 18.5. The minimum atomic E-state index is -0.273. The molecule has 0 aliphatic carbocycles. The van der Waals surface area contributed by atoms with Crippen LogP contribution in [-0.2, 0) is 11.3 Å². The Hall–Kier alpha value is -1.96. The van der Waals surface area contributed by atoms with Crippen molar-refractivity contribution in [2.75, 3.05) is 20.3 Å². The quantitative estimate of drug-likeness (QED) is 0.582. The van der Waals surface area contributed by atoms with Gasteiger partial charge in [0.2, 0.25) is 0 Å². The lowest BCUT2D eigenvalue weighted by Crippen LogP contribution is -2.19. The molecule has 1 amide bonds. The zero-order valence-corrected chi connectivity index (χ0v) is 17.0. The molecule has 3 rings (SSSR count). The van der Waals surface area contributed by atoms with Crippen LogP contribution in [0.15, 0.2) is 51.9 Å². The number of benzene rings is 2. The first kappa shape index (κ1) is 18.8. The van der Waals surface area contributed by atoms with Crippen LogP contribution in [0.25, 0.3) is 10.2 Å². The number of carbonyl (C=O) groups is 1. The highest BCUT2D eigenvalue weighted by Crippen LogP contribution is 2.22. The molecule has 0 unspecified atom stereocenters. The second-order valence-corrected chi connectivity index (χ2v) is 7.44. The van der Waals surface area contributed by atoms with Crippen molar-refractivity contribution < 1.29 is 14.3 Å². The molecule has 26 heavy (non-hydrogen) atoms. The van der Waals surface area contributed by atoms with Gasteiger partial charge in [0.05, 0.1) is 23.4 Å². The molecule has 1 aromatic heterocycles. The summed E-state index contributed by atoms with van der Waals surface area (Å²) >= 11 is 4.98. The average molecular weight is 435 g/mol. The summed E-state index contributed by atoms with van der Waals surface area (Å²) in [6, 6.07) is 13.1. The Labute approximate surface area is 164 Å². The number of halogens is 1. The van der Waals surface area contributed by atoms with E-state index >= 15 is 0 Å². The third kappa shape index (κ3) is 4.23. The third-order valence-electron chi connectivity index (χ3n) is 3.77. The van der Waals surface area contributed by atoms with Crippen LogP contribution in [0.5, 0.6) is 5.75 Å². The molecule has 0 saturated carbocycles. The van der Waals surface area contributed by atoms with E-state index in [2.05, 4.69) is 20.9 Å². The van der Waals surface area contributed by atoms with Crippen LogP contribution in [0, 0.1) is 0 Å². The highest BCUT2D eigenvalue weighted by molar-refractivity contribution is 9.10.